The summed E-state index contributed by atoms with van der Waals surface area (Å²) >= 11 is 6.01. The van der Waals surface area contributed by atoms with E-state index >= 15 is 0 Å². The van der Waals surface area contributed by atoms with E-state index in [2.05, 4.69) is 15.0 Å². The van der Waals surface area contributed by atoms with E-state index < -0.39 is 11.7 Å². The molecule has 0 bridgehead atoms. The van der Waals surface area contributed by atoms with Crippen LogP contribution < -0.4 is 0 Å². The summed E-state index contributed by atoms with van der Waals surface area (Å²) in [5.74, 6) is -2.69. The lowest BCUT2D eigenvalue weighted by atomic mass is 10.1. The Labute approximate surface area is 136 Å². The second-order valence-corrected chi connectivity index (χ2v) is 6.27. The molecule has 4 nitrogen and oxygen atoms in total. The molecule has 1 aliphatic rings. The van der Waals surface area contributed by atoms with Gasteiger partial charge in [0.15, 0.2) is 0 Å². The standard InChI is InChI=1S/C16H13ClF2N4/c1-16(18,19)15-20-5-4-14(22-15)23-8-11(9-2-3-9)10-7-21-13(17)6-12(10)23/h4-9H,2-3H2,1H3. The number of aromatic nitrogens is 4. The Bertz CT molecular complexity index is 897. The lowest BCUT2D eigenvalue weighted by Crippen LogP contribution is -2.14. The van der Waals surface area contributed by atoms with Crippen LogP contribution in [0, 0.1) is 0 Å². The van der Waals surface area contributed by atoms with Gasteiger partial charge in [0.2, 0.25) is 5.82 Å². The second kappa shape index (κ2) is 4.96. The van der Waals surface area contributed by atoms with E-state index in [9.17, 15) is 8.78 Å². The predicted octanol–water partition coefficient (Wildman–Crippen LogP) is 4.46. The van der Waals surface area contributed by atoms with Crippen LogP contribution in [0.2, 0.25) is 5.15 Å². The van der Waals surface area contributed by atoms with Gasteiger partial charge in [0.1, 0.15) is 11.0 Å². The Hall–Kier alpha value is -2.08. The zero-order chi connectivity index (χ0) is 16.2. The third-order valence-corrected chi connectivity index (χ3v) is 4.19. The van der Waals surface area contributed by atoms with Crippen molar-refractivity contribution in [3.63, 3.8) is 0 Å². The largest absolute Gasteiger partial charge is 0.303 e. The molecule has 0 N–H and O–H groups in total. The molecule has 0 aliphatic heterocycles. The van der Waals surface area contributed by atoms with E-state index in [0.29, 0.717) is 16.9 Å². The van der Waals surface area contributed by atoms with Crippen molar-refractivity contribution in [3.05, 3.63) is 47.3 Å². The highest BCUT2D eigenvalue weighted by Gasteiger charge is 2.30. The van der Waals surface area contributed by atoms with E-state index in [0.717, 1.165) is 36.2 Å². The van der Waals surface area contributed by atoms with Crippen LogP contribution in [0.3, 0.4) is 0 Å². The van der Waals surface area contributed by atoms with E-state index in [1.807, 2.05) is 6.20 Å². The van der Waals surface area contributed by atoms with Crippen molar-refractivity contribution in [3.8, 4) is 5.82 Å². The van der Waals surface area contributed by atoms with Crippen molar-refractivity contribution >= 4 is 22.5 Å². The second-order valence-electron chi connectivity index (χ2n) is 5.88. The SMILES string of the molecule is CC(F)(F)c1nccc(-n2cc(C3CC3)c3cnc(Cl)cc32)n1. The molecule has 0 aromatic carbocycles. The molecule has 4 rings (SSSR count). The van der Waals surface area contributed by atoms with E-state index in [1.54, 1.807) is 22.9 Å². The van der Waals surface area contributed by atoms with Crippen molar-refractivity contribution in [2.24, 2.45) is 0 Å². The van der Waals surface area contributed by atoms with Crippen molar-refractivity contribution in [2.75, 3.05) is 0 Å². The van der Waals surface area contributed by atoms with Gasteiger partial charge in [0.05, 0.1) is 5.52 Å². The fraction of sp³-hybridized carbons (Fsp3) is 0.312. The third-order valence-electron chi connectivity index (χ3n) is 3.98. The van der Waals surface area contributed by atoms with Gasteiger partial charge in [-0.25, -0.2) is 15.0 Å². The molecule has 0 amide bonds. The van der Waals surface area contributed by atoms with Crippen LogP contribution in [0.4, 0.5) is 8.78 Å². The van der Waals surface area contributed by atoms with Crippen LogP contribution in [0.1, 0.15) is 37.1 Å². The number of rotatable bonds is 3. The van der Waals surface area contributed by atoms with Crippen molar-refractivity contribution in [1.82, 2.24) is 19.5 Å². The molecular formula is C16H13ClF2N4. The maximum absolute atomic E-state index is 13.5. The van der Waals surface area contributed by atoms with E-state index in [4.69, 9.17) is 11.6 Å². The monoisotopic (exact) mass is 334 g/mol. The number of hydrogen-bond donors (Lipinski definition) is 0. The summed E-state index contributed by atoms with van der Waals surface area (Å²) in [6.07, 6.45) is 7.28. The predicted molar refractivity (Wildman–Crippen MR) is 83.2 cm³/mol. The normalized spacial score (nSPS) is 15.3. The fourth-order valence-electron chi connectivity index (χ4n) is 2.72. The first-order valence-corrected chi connectivity index (χ1v) is 7.69. The van der Waals surface area contributed by atoms with Crippen LogP contribution >= 0.6 is 11.6 Å². The number of hydrogen-bond acceptors (Lipinski definition) is 3. The summed E-state index contributed by atoms with van der Waals surface area (Å²) in [5.41, 5.74) is 1.98. The number of halogens is 3. The quantitative estimate of drug-likeness (QED) is 0.664. The fourth-order valence-corrected chi connectivity index (χ4v) is 2.88. The zero-order valence-corrected chi connectivity index (χ0v) is 13.1. The molecule has 0 radical (unpaired) electrons. The smallest absolute Gasteiger partial charge is 0.301 e. The number of fused-ring (bicyclic) bond motifs is 1. The summed E-state index contributed by atoms with van der Waals surface area (Å²) in [6.45, 7) is 0.788. The molecule has 23 heavy (non-hydrogen) atoms. The lowest BCUT2D eigenvalue weighted by Gasteiger charge is -2.10. The number of alkyl halides is 2. The molecule has 1 aliphatic carbocycles. The summed E-state index contributed by atoms with van der Waals surface area (Å²) in [5, 5.41) is 1.34. The Morgan fingerprint density at radius 3 is 2.78 bits per heavy atom. The summed E-state index contributed by atoms with van der Waals surface area (Å²) < 4.78 is 28.8. The third kappa shape index (κ3) is 2.57. The van der Waals surface area contributed by atoms with Crippen LogP contribution in [0.5, 0.6) is 0 Å². The minimum absolute atomic E-state index is 0.356. The molecule has 0 saturated heterocycles. The first-order chi connectivity index (χ1) is 10.9. The molecule has 118 valence electrons. The average molecular weight is 335 g/mol. The van der Waals surface area contributed by atoms with Crippen LogP contribution in [0.15, 0.2) is 30.7 Å². The van der Waals surface area contributed by atoms with Crippen LogP contribution in [-0.4, -0.2) is 19.5 Å². The topological polar surface area (TPSA) is 43.6 Å². The molecule has 0 spiro atoms. The summed E-state index contributed by atoms with van der Waals surface area (Å²) in [4.78, 5) is 11.8. The minimum atomic E-state index is -3.09. The Balaban J connectivity index is 1.93. The van der Waals surface area contributed by atoms with E-state index in [-0.39, 0.29) is 0 Å². The van der Waals surface area contributed by atoms with Crippen molar-refractivity contribution in [1.29, 1.82) is 0 Å². The highest BCUT2D eigenvalue weighted by atomic mass is 35.5. The molecule has 1 fully saturated rings. The first-order valence-electron chi connectivity index (χ1n) is 7.32. The Morgan fingerprint density at radius 2 is 2.09 bits per heavy atom. The summed E-state index contributed by atoms with van der Waals surface area (Å²) in [7, 11) is 0. The van der Waals surface area contributed by atoms with E-state index in [1.165, 1.54) is 6.20 Å². The molecule has 7 heteroatoms. The van der Waals surface area contributed by atoms with Gasteiger partial charge in [-0.1, -0.05) is 11.6 Å². The highest BCUT2D eigenvalue weighted by Crippen LogP contribution is 2.44. The Morgan fingerprint density at radius 1 is 1.30 bits per heavy atom. The molecular weight excluding hydrogens is 322 g/mol. The van der Waals surface area contributed by atoms with Crippen molar-refractivity contribution in [2.45, 2.75) is 31.6 Å². The van der Waals surface area contributed by atoms with Gasteiger partial charge in [0, 0.05) is 37.0 Å². The molecule has 3 heterocycles. The average Bonchev–Trinajstić information content (AvgIpc) is 3.28. The van der Waals surface area contributed by atoms with Gasteiger partial charge < -0.3 is 4.57 Å². The molecule has 1 saturated carbocycles. The van der Waals surface area contributed by atoms with Crippen molar-refractivity contribution < 1.29 is 8.78 Å². The van der Waals surface area contributed by atoms with Gasteiger partial charge >= 0.3 is 5.92 Å². The molecule has 3 aromatic rings. The number of pyridine rings is 1. The maximum atomic E-state index is 13.5. The van der Waals surface area contributed by atoms with Crippen LogP contribution in [-0.2, 0) is 5.92 Å². The van der Waals surface area contributed by atoms with Gasteiger partial charge in [-0.15, -0.1) is 0 Å². The molecule has 3 aromatic heterocycles. The van der Waals surface area contributed by atoms with Gasteiger partial charge in [-0.05, 0) is 30.4 Å². The number of nitrogens with zero attached hydrogens (tertiary/aromatic N) is 4. The highest BCUT2D eigenvalue weighted by molar-refractivity contribution is 6.30. The molecule has 0 atom stereocenters. The Kier molecular flexibility index (Phi) is 3.13. The van der Waals surface area contributed by atoms with Crippen LogP contribution in [0.25, 0.3) is 16.7 Å². The lowest BCUT2D eigenvalue weighted by molar-refractivity contribution is 0.00766. The zero-order valence-electron chi connectivity index (χ0n) is 12.3. The molecule has 0 unspecified atom stereocenters. The van der Waals surface area contributed by atoms with Gasteiger partial charge in [0.25, 0.3) is 0 Å². The minimum Gasteiger partial charge on any atom is -0.301 e. The maximum Gasteiger partial charge on any atom is 0.303 e. The van der Waals surface area contributed by atoms with Gasteiger partial charge in [-0.2, -0.15) is 8.78 Å². The summed E-state index contributed by atoms with van der Waals surface area (Å²) in [6, 6.07) is 3.34. The van der Waals surface area contributed by atoms with Gasteiger partial charge in [-0.3, -0.25) is 0 Å². The first kappa shape index (κ1) is 14.5.